The Morgan fingerprint density at radius 3 is 2.93 bits per heavy atom. The maximum Gasteiger partial charge on any atom is 0.218 e. The van der Waals surface area contributed by atoms with Crippen molar-refractivity contribution in [1.82, 2.24) is 4.98 Å². The van der Waals surface area contributed by atoms with E-state index in [9.17, 15) is 0 Å². The van der Waals surface area contributed by atoms with Crippen molar-refractivity contribution in [2.45, 2.75) is 32.3 Å². The number of ether oxygens (including phenoxy) is 1. The molecule has 1 fully saturated rings. The van der Waals surface area contributed by atoms with Crippen LogP contribution in [0.2, 0.25) is 0 Å². The second kappa shape index (κ2) is 5.12. The van der Waals surface area contributed by atoms with Crippen molar-refractivity contribution in [3.05, 3.63) is 23.9 Å². The van der Waals surface area contributed by atoms with Crippen LogP contribution in [0, 0.1) is 5.92 Å². The lowest BCUT2D eigenvalue weighted by molar-refractivity contribution is 0.227. The van der Waals surface area contributed by atoms with E-state index in [1.54, 1.807) is 6.20 Å². The minimum Gasteiger partial charge on any atom is -0.477 e. The molecule has 0 saturated heterocycles. The molecule has 0 bridgehead atoms. The molecule has 1 aromatic rings. The van der Waals surface area contributed by atoms with Gasteiger partial charge in [0.2, 0.25) is 5.88 Å². The van der Waals surface area contributed by atoms with E-state index in [0.717, 1.165) is 12.2 Å². The average Bonchev–Trinajstić information content (AvgIpc) is 2.79. The van der Waals surface area contributed by atoms with Gasteiger partial charge in [-0.1, -0.05) is 12.8 Å². The smallest absolute Gasteiger partial charge is 0.218 e. The zero-order valence-corrected chi connectivity index (χ0v) is 8.85. The highest BCUT2D eigenvalue weighted by atomic mass is 16.5. The van der Waals surface area contributed by atoms with E-state index in [0.29, 0.717) is 11.8 Å². The summed E-state index contributed by atoms with van der Waals surface area (Å²) in [7, 11) is 0. The van der Waals surface area contributed by atoms with Gasteiger partial charge in [0.1, 0.15) is 0 Å². The summed E-state index contributed by atoms with van der Waals surface area (Å²) in [6, 6.07) is 3.66. The largest absolute Gasteiger partial charge is 0.477 e. The molecule has 0 spiro atoms. The van der Waals surface area contributed by atoms with Gasteiger partial charge >= 0.3 is 0 Å². The van der Waals surface area contributed by atoms with Crippen molar-refractivity contribution < 1.29 is 9.84 Å². The quantitative estimate of drug-likeness (QED) is 0.822. The third-order valence-electron chi connectivity index (χ3n) is 2.95. The van der Waals surface area contributed by atoms with E-state index >= 15 is 0 Å². The number of hydrogen-bond donors (Lipinski definition) is 1. The molecule has 0 aromatic carbocycles. The van der Waals surface area contributed by atoms with E-state index in [2.05, 4.69) is 4.98 Å². The molecule has 15 heavy (non-hydrogen) atoms. The number of rotatable bonds is 4. The van der Waals surface area contributed by atoms with Gasteiger partial charge in [-0.15, -0.1) is 0 Å². The highest BCUT2D eigenvalue weighted by molar-refractivity contribution is 5.24. The SMILES string of the molecule is OCc1cccnc1OCC1CCCC1. The molecule has 0 radical (unpaired) electrons. The zero-order chi connectivity index (χ0) is 10.5. The topological polar surface area (TPSA) is 42.4 Å². The number of pyridine rings is 1. The summed E-state index contributed by atoms with van der Waals surface area (Å²) in [5.74, 6) is 1.27. The summed E-state index contributed by atoms with van der Waals surface area (Å²) < 4.78 is 5.64. The van der Waals surface area contributed by atoms with Gasteiger partial charge in [-0.2, -0.15) is 0 Å². The molecule has 1 heterocycles. The maximum absolute atomic E-state index is 9.09. The normalized spacial score (nSPS) is 16.9. The molecule has 3 heteroatoms. The lowest BCUT2D eigenvalue weighted by Gasteiger charge is -2.12. The third-order valence-corrected chi connectivity index (χ3v) is 2.95. The fourth-order valence-corrected chi connectivity index (χ4v) is 2.05. The summed E-state index contributed by atoms with van der Waals surface area (Å²) in [6.07, 6.45) is 6.87. The van der Waals surface area contributed by atoms with Crippen LogP contribution in [0.25, 0.3) is 0 Å². The van der Waals surface area contributed by atoms with E-state index < -0.39 is 0 Å². The first kappa shape index (κ1) is 10.4. The van der Waals surface area contributed by atoms with Gasteiger partial charge in [0.25, 0.3) is 0 Å². The molecular formula is C12H17NO2. The summed E-state index contributed by atoms with van der Waals surface area (Å²) in [6.45, 7) is 0.734. The number of hydrogen-bond acceptors (Lipinski definition) is 3. The third kappa shape index (κ3) is 2.69. The van der Waals surface area contributed by atoms with Crippen molar-refractivity contribution >= 4 is 0 Å². The van der Waals surface area contributed by atoms with Crippen molar-refractivity contribution in [2.75, 3.05) is 6.61 Å². The van der Waals surface area contributed by atoms with Crippen LogP contribution < -0.4 is 4.74 Å². The van der Waals surface area contributed by atoms with Crippen LogP contribution >= 0.6 is 0 Å². The highest BCUT2D eigenvalue weighted by Gasteiger charge is 2.16. The Kier molecular flexibility index (Phi) is 3.56. The fraction of sp³-hybridized carbons (Fsp3) is 0.583. The Hall–Kier alpha value is -1.09. The Balaban J connectivity index is 1.91. The minimum atomic E-state index is -0.00611. The fourth-order valence-electron chi connectivity index (χ4n) is 2.05. The van der Waals surface area contributed by atoms with Crippen LogP contribution in [0.4, 0.5) is 0 Å². The van der Waals surface area contributed by atoms with E-state index in [1.165, 1.54) is 25.7 Å². The monoisotopic (exact) mass is 207 g/mol. The van der Waals surface area contributed by atoms with Crippen molar-refractivity contribution in [2.24, 2.45) is 5.92 Å². The van der Waals surface area contributed by atoms with Crippen molar-refractivity contribution in [3.8, 4) is 5.88 Å². The molecule has 82 valence electrons. The van der Waals surface area contributed by atoms with Crippen LogP contribution in [0.3, 0.4) is 0 Å². The zero-order valence-electron chi connectivity index (χ0n) is 8.85. The molecule has 1 saturated carbocycles. The maximum atomic E-state index is 9.09. The van der Waals surface area contributed by atoms with Crippen molar-refractivity contribution in [3.63, 3.8) is 0 Å². The summed E-state index contributed by atoms with van der Waals surface area (Å²) >= 11 is 0. The summed E-state index contributed by atoms with van der Waals surface area (Å²) in [4.78, 5) is 4.13. The second-order valence-corrected chi connectivity index (χ2v) is 4.09. The van der Waals surface area contributed by atoms with Crippen LogP contribution in [-0.4, -0.2) is 16.7 Å². The molecule has 3 nitrogen and oxygen atoms in total. The predicted molar refractivity (Wildman–Crippen MR) is 57.6 cm³/mol. The molecule has 2 rings (SSSR count). The molecule has 0 aliphatic heterocycles. The standard InChI is InChI=1S/C12H17NO2/c14-8-11-6-3-7-13-12(11)15-9-10-4-1-2-5-10/h3,6-7,10,14H,1-2,4-5,8-9H2. The Bertz CT molecular complexity index is 308. The Labute approximate surface area is 90.1 Å². The van der Waals surface area contributed by atoms with Gasteiger partial charge < -0.3 is 9.84 Å². The van der Waals surface area contributed by atoms with E-state index in [4.69, 9.17) is 9.84 Å². The molecule has 0 atom stereocenters. The summed E-state index contributed by atoms with van der Waals surface area (Å²) in [5.41, 5.74) is 0.774. The molecule has 1 aromatic heterocycles. The lowest BCUT2D eigenvalue weighted by Crippen LogP contribution is -2.10. The van der Waals surface area contributed by atoms with Gasteiger partial charge in [0.15, 0.2) is 0 Å². The molecule has 1 aliphatic rings. The summed E-state index contributed by atoms with van der Waals surface area (Å²) in [5, 5.41) is 9.09. The average molecular weight is 207 g/mol. The first-order valence-corrected chi connectivity index (χ1v) is 5.57. The van der Waals surface area contributed by atoms with Gasteiger partial charge in [-0.25, -0.2) is 4.98 Å². The van der Waals surface area contributed by atoms with Crippen LogP contribution in [-0.2, 0) is 6.61 Å². The number of aliphatic hydroxyl groups is 1. The first-order chi connectivity index (χ1) is 7.40. The van der Waals surface area contributed by atoms with Crippen LogP contribution in [0.5, 0.6) is 5.88 Å². The number of aromatic nitrogens is 1. The number of nitrogens with zero attached hydrogens (tertiary/aromatic N) is 1. The van der Waals surface area contributed by atoms with Crippen LogP contribution in [0.1, 0.15) is 31.2 Å². The van der Waals surface area contributed by atoms with Gasteiger partial charge in [-0.3, -0.25) is 0 Å². The molecule has 1 aliphatic carbocycles. The molecular weight excluding hydrogens is 190 g/mol. The molecule has 0 amide bonds. The molecule has 0 unspecified atom stereocenters. The van der Waals surface area contributed by atoms with E-state index in [1.807, 2.05) is 12.1 Å². The number of aliphatic hydroxyl groups excluding tert-OH is 1. The Morgan fingerprint density at radius 1 is 1.40 bits per heavy atom. The van der Waals surface area contributed by atoms with Crippen LogP contribution in [0.15, 0.2) is 18.3 Å². The predicted octanol–water partition coefficient (Wildman–Crippen LogP) is 2.14. The van der Waals surface area contributed by atoms with E-state index in [-0.39, 0.29) is 6.61 Å². The van der Waals surface area contributed by atoms with Gasteiger partial charge in [-0.05, 0) is 30.9 Å². The molecule has 1 N–H and O–H groups in total. The Morgan fingerprint density at radius 2 is 2.20 bits per heavy atom. The minimum absolute atomic E-state index is 0.00611. The second-order valence-electron chi connectivity index (χ2n) is 4.09. The van der Waals surface area contributed by atoms with Crippen molar-refractivity contribution in [1.29, 1.82) is 0 Å². The first-order valence-electron chi connectivity index (χ1n) is 5.57. The van der Waals surface area contributed by atoms with Gasteiger partial charge in [0.05, 0.1) is 13.2 Å². The van der Waals surface area contributed by atoms with Gasteiger partial charge in [0, 0.05) is 11.8 Å². The highest BCUT2D eigenvalue weighted by Crippen LogP contribution is 2.25. The lowest BCUT2D eigenvalue weighted by atomic mass is 10.1.